The van der Waals surface area contributed by atoms with Crippen LogP contribution < -0.4 is 10.6 Å². The van der Waals surface area contributed by atoms with Crippen LogP contribution in [0.1, 0.15) is 56.4 Å². The first-order chi connectivity index (χ1) is 12.2. The summed E-state index contributed by atoms with van der Waals surface area (Å²) in [5.74, 6) is 1.12. The number of aromatic nitrogens is 2. The quantitative estimate of drug-likeness (QED) is 0.634. The Morgan fingerprint density at radius 1 is 0.960 bits per heavy atom. The molecule has 0 spiro atoms. The maximum absolute atomic E-state index is 12.4. The van der Waals surface area contributed by atoms with Gasteiger partial charge in [0.15, 0.2) is 5.82 Å². The van der Waals surface area contributed by atoms with Crippen molar-refractivity contribution in [2.24, 2.45) is 0 Å². The van der Waals surface area contributed by atoms with E-state index in [0.29, 0.717) is 23.9 Å². The minimum atomic E-state index is -0.144. The van der Waals surface area contributed by atoms with Crippen LogP contribution in [0.2, 0.25) is 0 Å². The normalized spacial score (nSPS) is 10.5. The maximum Gasteiger partial charge on any atom is 0.270 e. The molecule has 5 heteroatoms. The predicted molar refractivity (Wildman–Crippen MR) is 103 cm³/mol. The third-order valence-corrected chi connectivity index (χ3v) is 3.89. The Bertz CT molecular complexity index is 658. The summed E-state index contributed by atoms with van der Waals surface area (Å²) in [5.41, 5.74) is 1.31. The summed E-state index contributed by atoms with van der Waals surface area (Å²) >= 11 is 0. The van der Waals surface area contributed by atoms with Crippen LogP contribution in [-0.4, -0.2) is 29.0 Å². The van der Waals surface area contributed by atoms with E-state index in [-0.39, 0.29) is 5.91 Å². The lowest BCUT2D eigenvalue weighted by atomic mass is 10.2. The summed E-state index contributed by atoms with van der Waals surface area (Å²) in [4.78, 5) is 21.5. The molecule has 0 aliphatic heterocycles. The van der Waals surface area contributed by atoms with Crippen molar-refractivity contribution in [2.75, 3.05) is 18.4 Å². The van der Waals surface area contributed by atoms with E-state index >= 15 is 0 Å². The van der Waals surface area contributed by atoms with Gasteiger partial charge in [0.2, 0.25) is 0 Å². The zero-order valence-corrected chi connectivity index (χ0v) is 15.2. The van der Waals surface area contributed by atoms with Crippen LogP contribution >= 0.6 is 0 Å². The molecule has 0 fully saturated rings. The molecule has 1 amide bonds. The van der Waals surface area contributed by atoms with Gasteiger partial charge in [-0.3, -0.25) is 4.79 Å². The monoisotopic (exact) mass is 340 g/mol. The molecule has 2 N–H and O–H groups in total. The fourth-order valence-corrected chi connectivity index (χ4v) is 2.43. The molecule has 1 aromatic heterocycles. The first-order valence-electron chi connectivity index (χ1n) is 9.21. The van der Waals surface area contributed by atoms with E-state index in [0.717, 1.165) is 44.2 Å². The number of hydrogen-bond donors (Lipinski definition) is 2. The smallest absolute Gasteiger partial charge is 0.270 e. The van der Waals surface area contributed by atoms with Crippen LogP contribution in [-0.2, 0) is 0 Å². The van der Waals surface area contributed by atoms with Crippen LogP contribution in [0, 0.1) is 0 Å². The predicted octanol–water partition coefficient (Wildman–Crippen LogP) is 4.28. The second-order valence-electron chi connectivity index (χ2n) is 6.07. The Hall–Kier alpha value is -2.43. The molecule has 134 valence electrons. The number of hydrogen-bond acceptors (Lipinski definition) is 4. The molecule has 0 atom stereocenters. The maximum atomic E-state index is 12.4. The Kier molecular flexibility index (Phi) is 7.89. The summed E-state index contributed by atoms with van der Waals surface area (Å²) in [5, 5.41) is 6.25. The zero-order valence-electron chi connectivity index (χ0n) is 15.2. The lowest BCUT2D eigenvalue weighted by Gasteiger charge is -2.10. The van der Waals surface area contributed by atoms with Gasteiger partial charge in [-0.25, -0.2) is 9.97 Å². The summed E-state index contributed by atoms with van der Waals surface area (Å²) in [7, 11) is 0. The highest BCUT2D eigenvalue weighted by atomic mass is 16.1. The molecule has 0 unspecified atom stereocenters. The summed E-state index contributed by atoms with van der Waals surface area (Å²) in [6, 6.07) is 11.5. The van der Waals surface area contributed by atoms with Gasteiger partial charge in [-0.15, -0.1) is 0 Å². The minimum absolute atomic E-state index is 0.144. The number of benzene rings is 1. The molecular weight excluding hydrogens is 312 g/mol. The standard InChI is InChI=1S/C20H28N4O/c1-3-5-10-14-22-20(25)17-15-18(21-13-6-4-2)24-19(23-17)16-11-8-7-9-12-16/h7-9,11-12,15H,3-6,10,13-14H2,1-2H3,(H,22,25)(H,21,23,24). The Labute approximate surface area is 150 Å². The third kappa shape index (κ3) is 6.18. The van der Waals surface area contributed by atoms with Crippen LogP contribution in [0.25, 0.3) is 11.4 Å². The van der Waals surface area contributed by atoms with Crippen molar-refractivity contribution in [2.45, 2.75) is 46.0 Å². The topological polar surface area (TPSA) is 66.9 Å². The number of unbranched alkanes of at least 4 members (excludes halogenated alkanes) is 3. The van der Waals surface area contributed by atoms with Gasteiger partial charge in [0.05, 0.1) is 0 Å². The minimum Gasteiger partial charge on any atom is -0.370 e. The second-order valence-corrected chi connectivity index (χ2v) is 6.07. The first kappa shape index (κ1) is 18.9. The molecule has 2 rings (SSSR count). The summed E-state index contributed by atoms with van der Waals surface area (Å²) in [6.45, 7) is 5.80. The lowest BCUT2D eigenvalue weighted by Crippen LogP contribution is -2.26. The van der Waals surface area contributed by atoms with Crippen LogP contribution in [0.15, 0.2) is 36.4 Å². The van der Waals surface area contributed by atoms with Crippen molar-refractivity contribution in [1.29, 1.82) is 0 Å². The fraction of sp³-hybridized carbons (Fsp3) is 0.450. The third-order valence-electron chi connectivity index (χ3n) is 3.89. The van der Waals surface area contributed by atoms with Crippen molar-refractivity contribution < 1.29 is 4.79 Å². The number of rotatable bonds is 10. The molecule has 25 heavy (non-hydrogen) atoms. The molecule has 0 saturated carbocycles. The summed E-state index contributed by atoms with van der Waals surface area (Å²) in [6.07, 6.45) is 5.40. The molecule has 2 aromatic rings. The van der Waals surface area contributed by atoms with Gasteiger partial charge in [-0.05, 0) is 12.8 Å². The highest BCUT2D eigenvalue weighted by Crippen LogP contribution is 2.18. The second kappa shape index (κ2) is 10.4. The average Bonchev–Trinajstić information content (AvgIpc) is 2.66. The van der Waals surface area contributed by atoms with Crippen LogP contribution in [0.5, 0.6) is 0 Å². The number of carbonyl (C=O) groups is 1. The Morgan fingerprint density at radius 2 is 1.72 bits per heavy atom. The van der Waals surface area contributed by atoms with Crippen molar-refractivity contribution in [3.05, 3.63) is 42.1 Å². The molecule has 0 bridgehead atoms. The first-order valence-corrected chi connectivity index (χ1v) is 9.21. The molecule has 5 nitrogen and oxygen atoms in total. The van der Waals surface area contributed by atoms with E-state index in [1.54, 1.807) is 6.07 Å². The van der Waals surface area contributed by atoms with Crippen molar-refractivity contribution in [3.63, 3.8) is 0 Å². The molecule has 1 aromatic carbocycles. The van der Waals surface area contributed by atoms with E-state index in [4.69, 9.17) is 0 Å². The van der Waals surface area contributed by atoms with E-state index in [9.17, 15) is 4.79 Å². The number of nitrogens with one attached hydrogen (secondary N) is 2. The highest BCUT2D eigenvalue weighted by molar-refractivity contribution is 5.93. The Balaban J connectivity index is 2.18. The van der Waals surface area contributed by atoms with E-state index in [2.05, 4.69) is 34.4 Å². The van der Waals surface area contributed by atoms with Crippen molar-refractivity contribution >= 4 is 11.7 Å². The van der Waals surface area contributed by atoms with Gasteiger partial charge in [0.25, 0.3) is 5.91 Å². The fourth-order valence-electron chi connectivity index (χ4n) is 2.43. The van der Waals surface area contributed by atoms with Gasteiger partial charge in [0.1, 0.15) is 11.5 Å². The van der Waals surface area contributed by atoms with Gasteiger partial charge in [0, 0.05) is 24.7 Å². The zero-order chi connectivity index (χ0) is 17.9. The molecule has 1 heterocycles. The number of anilines is 1. The van der Waals surface area contributed by atoms with Crippen molar-refractivity contribution in [1.82, 2.24) is 15.3 Å². The van der Waals surface area contributed by atoms with Gasteiger partial charge < -0.3 is 10.6 Å². The highest BCUT2D eigenvalue weighted by Gasteiger charge is 2.12. The molecular formula is C20H28N4O. The van der Waals surface area contributed by atoms with Crippen LogP contribution in [0.3, 0.4) is 0 Å². The molecule has 0 radical (unpaired) electrons. The van der Waals surface area contributed by atoms with E-state index in [1.807, 2.05) is 30.3 Å². The van der Waals surface area contributed by atoms with Gasteiger partial charge >= 0.3 is 0 Å². The molecule has 0 saturated heterocycles. The van der Waals surface area contributed by atoms with Gasteiger partial charge in [-0.2, -0.15) is 0 Å². The molecule has 0 aliphatic carbocycles. The number of nitrogens with zero attached hydrogens (tertiary/aromatic N) is 2. The summed E-state index contributed by atoms with van der Waals surface area (Å²) < 4.78 is 0. The van der Waals surface area contributed by atoms with Crippen molar-refractivity contribution in [3.8, 4) is 11.4 Å². The Morgan fingerprint density at radius 3 is 2.44 bits per heavy atom. The van der Waals surface area contributed by atoms with Gasteiger partial charge in [-0.1, -0.05) is 63.4 Å². The van der Waals surface area contributed by atoms with E-state index in [1.165, 1.54) is 0 Å². The SMILES string of the molecule is CCCCCNC(=O)c1cc(NCCCC)nc(-c2ccccc2)n1. The lowest BCUT2D eigenvalue weighted by molar-refractivity contribution is 0.0948. The average molecular weight is 340 g/mol. The van der Waals surface area contributed by atoms with Crippen LogP contribution in [0.4, 0.5) is 5.82 Å². The number of carbonyl (C=O) groups excluding carboxylic acids is 1. The van der Waals surface area contributed by atoms with E-state index < -0.39 is 0 Å². The largest absolute Gasteiger partial charge is 0.370 e. The molecule has 0 aliphatic rings. The number of amides is 1.